The van der Waals surface area contributed by atoms with Gasteiger partial charge >= 0.3 is 0 Å². The van der Waals surface area contributed by atoms with Crippen molar-refractivity contribution >= 4 is 11.6 Å². The van der Waals surface area contributed by atoms with Crippen molar-refractivity contribution in [1.82, 2.24) is 15.1 Å². The van der Waals surface area contributed by atoms with Gasteiger partial charge in [-0.15, -0.1) is 0 Å². The van der Waals surface area contributed by atoms with Crippen LogP contribution in [0.15, 0.2) is 24.3 Å². The Labute approximate surface area is 148 Å². The third-order valence-corrected chi connectivity index (χ3v) is 5.45. The number of nitro groups is 1. The van der Waals surface area contributed by atoms with Crippen LogP contribution in [-0.2, 0) is 10.2 Å². The van der Waals surface area contributed by atoms with Gasteiger partial charge in [-0.1, -0.05) is 12.1 Å². The van der Waals surface area contributed by atoms with Crippen LogP contribution in [0.3, 0.4) is 0 Å². The number of likely N-dealkylation sites (tertiary alicyclic amines) is 1. The third-order valence-electron chi connectivity index (χ3n) is 5.45. The average molecular weight is 346 g/mol. The second-order valence-corrected chi connectivity index (χ2v) is 7.41. The summed E-state index contributed by atoms with van der Waals surface area (Å²) in [6.07, 6.45) is 1.02. The lowest BCUT2D eigenvalue weighted by atomic mass is 9.83. The summed E-state index contributed by atoms with van der Waals surface area (Å²) in [6, 6.07) is 6.77. The number of nitrogens with zero attached hydrogens (tertiary/aromatic N) is 3. The minimum Gasteiger partial charge on any atom is -0.340 e. The van der Waals surface area contributed by atoms with Crippen molar-refractivity contribution in [3.8, 4) is 0 Å². The van der Waals surface area contributed by atoms with Crippen LogP contribution in [0.4, 0.5) is 5.69 Å². The van der Waals surface area contributed by atoms with Crippen LogP contribution in [0.2, 0.25) is 0 Å². The zero-order valence-electron chi connectivity index (χ0n) is 14.9. The van der Waals surface area contributed by atoms with Gasteiger partial charge in [-0.3, -0.25) is 19.8 Å². The van der Waals surface area contributed by atoms with Crippen LogP contribution in [0.25, 0.3) is 0 Å². The van der Waals surface area contributed by atoms with E-state index in [1.54, 1.807) is 12.1 Å². The topological polar surface area (TPSA) is 78.7 Å². The molecular formula is C18H26N4O3. The van der Waals surface area contributed by atoms with Gasteiger partial charge in [-0.05, 0) is 25.8 Å². The zero-order chi connectivity index (χ0) is 18.0. The molecule has 2 aliphatic rings. The number of nitro benzene ring substituents is 1. The first-order valence-corrected chi connectivity index (χ1v) is 8.88. The van der Waals surface area contributed by atoms with Gasteiger partial charge < -0.3 is 10.2 Å². The monoisotopic (exact) mass is 346 g/mol. The van der Waals surface area contributed by atoms with E-state index in [-0.39, 0.29) is 11.6 Å². The molecule has 2 fully saturated rings. The largest absolute Gasteiger partial charge is 0.340 e. The molecule has 0 bridgehead atoms. The highest BCUT2D eigenvalue weighted by Gasteiger charge is 2.38. The Hall–Kier alpha value is -1.99. The molecule has 3 rings (SSSR count). The number of nitrogens with one attached hydrogen (secondary N) is 1. The highest BCUT2D eigenvalue weighted by atomic mass is 16.6. The standard InChI is InChI=1S/C18H26N4O3/c1-18(2,14-3-5-15(6-4-14)22(24)25)17(23)21-10-7-16(13-21)20-11-8-19-9-12-20/h3-6,16,19H,7-13H2,1-2H3. The third kappa shape index (κ3) is 3.67. The van der Waals surface area contributed by atoms with Gasteiger partial charge in [-0.2, -0.15) is 0 Å². The van der Waals surface area contributed by atoms with E-state index in [4.69, 9.17) is 0 Å². The summed E-state index contributed by atoms with van der Waals surface area (Å²) in [5, 5.41) is 14.2. The Balaban J connectivity index is 1.67. The van der Waals surface area contributed by atoms with Crippen LogP contribution in [0.1, 0.15) is 25.8 Å². The molecule has 1 atom stereocenters. The molecule has 1 N–H and O–H groups in total. The maximum Gasteiger partial charge on any atom is 0.269 e. The number of piperazine rings is 1. The molecule has 2 saturated heterocycles. The van der Waals surface area contributed by atoms with Gasteiger partial charge in [0.1, 0.15) is 0 Å². The van der Waals surface area contributed by atoms with Gasteiger partial charge in [0, 0.05) is 57.4 Å². The first-order valence-electron chi connectivity index (χ1n) is 8.88. The number of carbonyl (C=O) groups excluding carboxylic acids is 1. The van der Waals surface area contributed by atoms with Crippen LogP contribution < -0.4 is 5.32 Å². The van der Waals surface area contributed by atoms with Crippen molar-refractivity contribution in [1.29, 1.82) is 0 Å². The summed E-state index contributed by atoms with van der Waals surface area (Å²) in [5.74, 6) is 0.0963. The second kappa shape index (κ2) is 7.09. The highest BCUT2D eigenvalue weighted by Crippen LogP contribution is 2.29. The predicted molar refractivity (Wildman–Crippen MR) is 95.6 cm³/mol. The van der Waals surface area contributed by atoms with Gasteiger partial charge in [0.05, 0.1) is 10.3 Å². The molecule has 1 aromatic carbocycles. The Bertz CT molecular complexity index is 638. The smallest absolute Gasteiger partial charge is 0.269 e. The fraction of sp³-hybridized carbons (Fsp3) is 0.611. The number of benzene rings is 1. The quantitative estimate of drug-likeness (QED) is 0.658. The Morgan fingerprint density at radius 3 is 2.44 bits per heavy atom. The number of hydrogen-bond donors (Lipinski definition) is 1. The molecule has 25 heavy (non-hydrogen) atoms. The molecule has 0 spiro atoms. The van der Waals surface area contributed by atoms with E-state index in [0.29, 0.717) is 6.04 Å². The van der Waals surface area contributed by atoms with Crippen molar-refractivity contribution in [3.05, 3.63) is 39.9 Å². The van der Waals surface area contributed by atoms with E-state index in [0.717, 1.165) is 51.3 Å². The summed E-state index contributed by atoms with van der Waals surface area (Å²) in [6.45, 7) is 9.46. The van der Waals surface area contributed by atoms with Crippen molar-refractivity contribution in [2.75, 3.05) is 39.3 Å². The van der Waals surface area contributed by atoms with Crippen molar-refractivity contribution in [3.63, 3.8) is 0 Å². The minimum absolute atomic E-state index is 0.0481. The van der Waals surface area contributed by atoms with E-state index in [9.17, 15) is 14.9 Å². The molecule has 7 heteroatoms. The number of amides is 1. The first-order chi connectivity index (χ1) is 11.9. The van der Waals surface area contributed by atoms with E-state index < -0.39 is 10.3 Å². The lowest BCUT2D eigenvalue weighted by Gasteiger charge is -2.34. The van der Waals surface area contributed by atoms with Crippen LogP contribution >= 0.6 is 0 Å². The number of non-ortho nitro benzene ring substituents is 1. The lowest BCUT2D eigenvalue weighted by Crippen LogP contribution is -2.50. The van der Waals surface area contributed by atoms with Crippen LogP contribution in [0.5, 0.6) is 0 Å². The molecule has 1 aromatic rings. The Morgan fingerprint density at radius 1 is 1.20 bits per heavy atom. The number of hydrogen-bond acceptors (Lipinski definition) is 5. The molecule has 2 aliphatic heterocycles. The fourth-order valence-electron chi connectivity index (χ4n) is 3.79. The molecule has 2 heterocycles. The van der Waals surface area contributed by atoms with E-state index in [2.05, 4.69) is 10.2 Å². The number of rotatable bonds is 4. The average Bonchev–Trinajstić information content (AvgIpc) is 3.12. The van der Waals surface area contributed by atoms with Crippen LogP contribution in [0, 0.1) is 10.1 Å². The maximum absolute atomic E-state index is 13.1. The van der Waals surface area contributed by atoms with Gasteiger partial charge in [0.15, 0.2) is 0 Å². The Morgan fingerprint density at radius 2 is 1.84 bits per heavy atom. The fourth-order valence-corrected chi connectivity index (χ4v) is 3.79. The molecule has 136 valence electrons. The summed E-state index contributed by atoms with van der Waals surface area (Å²) in [7, 11) is 0. The summed E-state index contributed by atoms with van der Waals surface area (Å²) in [4.78, 5) is 27.9. The molecule has 0 radical (unpaired) electrons. The van der Waals surface area contributed by atoms with Gasteiger partial charge in [0.2, 0.25) is 5.91 Å². The van der Waals surface area contributed by atoms with E-state index in [1.807, 2.05) is 18.7 Å². The second-order valence-electron chi connectivity index (χ2n) is 7.41. The zero-order valence-corrected chi connectivity index (χ0v) is 14.9. The normalized spacial score (nSPS) is 22.2. The van der Waals surface area contributed by atoms with Gasteiger partial charge in [-0.25, -0.2) is 0 Å². The maximum atomic E-state index is 13.1. The molecule has 0 aromatic heterocycles. The summed E-state index contributed by atoms with van der Waals surface area (Å²) in [5.41, 5.74) is 0.175. The Kier molecular flexibility index (Phi) is 5.06. The van der Waals surface area contributed by atoms with Gasteiger partial charge in [0.25, 0.3) is 5.69 Å². The van der Waals surface area contributed by atoms with Crippen molar-refractivity contribution in [2.45, 2.75) is 31.7 Å². The van der Waals surface area contributed by atoms with Crippen molar-refractivity contribution in [2.24, 2.45) is 0 Å². The first kappa shape index (κ1) is 17.8. The molecule has 0 aliphatic carbocycles. The van der Waals surface area contributed by atoms with Crippen molar-refractivity contribution < 1.29 is 9.72 Å². The molecule has 7 nitrogen and oxygen atoms in total. The molecular weight excluding hydrogens is 320 g/mol. The molecule has 1 unspecified atom stereocenters. The minimum atomic E-state index is -0.687. The molecule has 1 amide bonds. The summed E-state index contributed by atoms with van der Waals surface area (Å²) < 4.78 is 0. The van der Waals surface area contributed by atoms with E-state index >= 15 is 0 Å². The molecule has 0 saturated carbocycles. The predicted octanol–water partition coefficient (Wildman–Crippen LogP) is 1.38. The number of carbonyl (C=O) groups is 1. The highest BCUT2D eigenvalue weighted by molar-refractivity contribution is 5.87. The summed E-state index contributed by atoms with van der Waals surface area (Å²) >= 11 is 0. The van der Waals surface area contributed by atoms with Crippen LogP contribution in [-0.4, -0.2) is 65.9 Å². The lowest BCUT2D eigenvalue weighted by molar-refractivity contribution is -0.384. The SMILES string of the molecule is CC(C)(C(=O)N1CCC(N2CCNCC2)C1)c1ccc([N+](=O)[O-])cc1. The van der Waals surface area contributed by atoms with E-state index in [1.165, 1.54) is 12.1 Å².